The van der Waals surface area contributed by atoms with Crippen molar-refractivity contribution in [2.24, 2.45) is 5.10 Å². The molecular weight excluding hydrogens is 426 g/mol. The van der Waals surface area contributed by atoms with Crippen molar-refractivity contribution in [1.82, 2.24) is 19.8 Å². The van der Waals surface area contributed by atoms with E-state index in [2.05, 4.69) is 22.2 Å². The third-order valence-corrected chi connectivity index (χ3v) is 7.48. The average Bonchev–Trinajstić information content (AvgIpc) is 3.51. The summed E-state index contributed by atoms with van der Waals surface area (Å²) in [6, 6.07) is 7.99. The maximum absolute atomic E-state index is 13.1. The predicted octanol–water partition coefficient (Wildman–Crippen LogP) is 3.96. The van der Waals surface area contributed by atoms with Crippen LogP contribution in [0.15, 0.2) is 50.1 Å². The van der Waals surface area contributed by atoms with Crippen LogP contribution >= 0.6 is 34.4 Å². The largest absolute Gasteiger partial charge is 0.343 e. The zero-order valence-electron chi connectivity index (χ0n) is 15.9. The molecule has 0 aromatic carbocycles. The Kier molecular flexibility index (Phi) is 6.31. The van der Waals surface area contributed by atoms with Gasteiger partial charge in [0, 0.05) is 17.8 Å². The first-order valence-electron chi connectivity index (χ1n) is 9.42. The Bertz CT molecular complexity index is 1040. The van der Waals surface area contributed by atoms with Gasteiger partial charge >= 0.3 is 5.69 Å². The summed E-state index contributed by atoms with van der Waals surface area (Å²) in [6.45, 7) is 2.67. The summed E-state index contributed by atoms with van der Waals surface area (Å²) in [7, 11) is 0. The fraction of sp³-hybridized carbons (Fsp3) is 0.368. The Balaban J connectivity index is 1.51. The van der Waals surface area contributed by atoms with E-state index in [9.17, 15) is 9.59 Å². The zero-order valence-corrected chi connectivity index (χ0v) is 18.4. The lowest BCUT2D eigenvalue weighted by atomic mass is 10.1. The SMILES string of the molecule is CCCCn1c(SCC(=O)N2N=C(c3cccs3)CC2c2cccs2)n[nH]c1=O. The molecule has 4 heterocycles. The van der Waals surface area contributed by atoms with Gasteiger partial charge in [-0.15, -0.1) is 27.8 Å². The van der Waals surface area contributed by atoms with Crippen LogP contribution in [0, 0.1) is 0 Å². The molecule has 29 heavy (non-hydrogen) atoms. The van der Waals surface area contributed by atoms with E-state index in [0.29, 0.717) is 18.1 Å². The van der Waals surface area contributed by atoms with E-state index in [1.54, 1.807) is 32.2 Å². The minimum Gasteiger partial charge on any atom is -0.272 e. The van der Waals surface area contributed by atoms with Gasteiger partial charge in [-0.25, -0.2) is 14.9 Å². The van der Waals surface area contributed by atoms with Crippen LogP contribution in [0.25, 0.3) is 0 Å². The molecule has 1 N–H and O–H groups in total. The molecular formula is C19H21N5O2S3. The lowest BCUT2D eigenvalue weighted by molar-refractivity contribution is -0.130. The lowest BCUT2D eigenvalue weighted by Gasteiger charge is -2.20. The molecule has 0 fully saturated rings. The number of rotatable bonds is 8. The van der Waals surface area contributed by atoms with Gasteiger partial charge in [0.25, 0.3) is 5.91 Å². The van der Waals surface area contributed by atoms with Crippen LogP contribution in [-0.4, -0.2) is 37.1 Å². The molecule has 1 atom stereocenters. The summed E-state index contributed by atoms with van der Waals surface area (Å²) in [5.41, 5.74) is 0.709. The van der Waals surface area contributed by atoms with E-state index >= 15 is 0 Å². The molecule has 4 rings (SSSR count). The first kappa shape index (κ1) is 20.1. The molecule has 3 aromatic rings. The smallest absolute Gasteiger partial charge is 0.272 e. The molecule has 7 nitrogen and oxygen atoms in total. The van der Waals surface area contributed by atoms with Crippen molar-refractivity contribution in [3.63, 3.8) is 0 Å². The first-order chi connectivity index (χ1) is 14.2. The van der Waals surface area contributed by atoms with Gasteiger partial charge < -0.3 is 0 Å². The van der Waals surface area contributed by atoms with Crippen molar-refractivity contribution in [2.45, 2.75) is 43.9 Å². The number of carbonyl (C=O) groups excluding carboxylic acids is 1. The van der Waals surface area contributed by atoms with Crippen molar-refractivity contribution in [3.8, 4) is 0 Å². The summed E-state index contributed by atoms with van der Waals surface area (Å²) in [6.07, 6.45) is 2.58. The topological polar surface area (TPSA) is 83.3 Å². The van der Waals surface area contributed by atoms with E-state index in [0.717, 1.165) is 28.3 Å². The number of carbonyl (C=O) groups is 1. The van der Waals surface area contributed by atoms with E-state index in [-0.39, 0.29) is 23.4 Å². The zero-order chi connectivity index (χ0) is 20.2. The van der Waals surface area contributed by atoms with Crippen LogP contribution < -0.4 is 5.69 Å². The normalized spacial score (nSPS) is 16.4. The van der Waals surface area contributed by atoms with E-state index in [4.69, 9.17) is 0 Å². The number of hydrogen-bond donors (Lipinski definition) is 1. The molecule has 1 unspecified atom stereocenters. The van der Waals surface area contributed by atoms with Crippen LogP contribution in [0.2, 0.25) is 0 Å². The monoisotopic (exact) mass is 447 g/mol. The molecule has 0 saturated carbocycles. The summed E-state index contributed by atoms with van der Waals surface area (Å²) in [4.78, 5) is 27.2. The Morgan fingerprint density at radius 3 is 2.86 bits per heavy atom. The second-order valence-corrected chi connectivity index (χ2v) is 9.47. The average molecular weight is 448 g/mol. The van der Waals surface area contributed by atoms with Crippen molar-refractivity contribution >= 4 is 46.1 Å². The number of hydrogen-bond acceptors (Lipinski definition) is 7. The van der Waals surface area contributed by atoms with Gasteiger partial charge in [-0.1, -0.05) is 37.2 Å². The first-order valence-corrected chi connectivity index (χ1v) is 12.2. The van der Waals surface area contributed by atoms with Crippen molar-refractivity contribution in [3.05, 3.63) is 55.3 Å². The predicted molar refractivity (Wildman–Crippen MR) is 118 cm³/mol. The molecule has 1 aliphatic rings. The van der Waals surface area contributed by atoms with Gasteiger partial charge in [0.2, 0.25) is 0 Å². The van der Waals surface area contributed by atoms with Crippen molar-refractivity contribution in [2.75, 3.05) is 5.75 Å². The molecule has 0 spiro atoms. The van der Waals surface area contributed by atoms with Crippen LogP contribution in [0.3, 0.4) is 0 Å². The number of thioether (sulfide) groups is 1. The number of aromatic amines is 1. The summed E-state index contributed by atoms with van der Waals surface area (Å²) < 4.78 is 1.60. The molecule has 0 aliphatic carbocycles. The number of thiophene rings is 2. The number of hydrazone groups is 1. The maximum atomic E-state index is 13.1. The van der Waals surface area contributed by atoms with Crippen molar-refractivity contribution in [1.29, 1.82) is 0 Å². The fourth-order valence-electron chi connectivity index (χ4n) is 3.15. The third kappa shape index (κ3) is 4.39. The number of amides is 1. The minimum atomic E-state index is -0.232. The van der Waals surface area contributed by atoms with Crippen LogP contribution in [0.1, 0.15) is 42.0 Å². The lowest BCUT2D eigenvalue weighted by Crippen LogP contribution is -2.28. The molecule has 0 bridgehead atoms. The Morgan fingerprint density at radius 2 is 2.14 bits per heavy atom. The minimum absolute atomic E-state index is 0.0818. The molecule has 0 radical (unpaired) electrons. The standard InChI is InChI=1S/C19H21N5O2S3/c1-2-3-8-23-18(26)20-21-19(23)29-12-17(25)24-14(16-7-5-10-28-16)11-13(22-24)15-6-4-9-27-15/h4-7,9-10,14H,2-3,8,11-12H2,1H3,(H,20,26). The molecule has 152 valence electrons. The summed E-state index contributed by atoms with van der Waals surface area (Å²) >= 11 is 4.55. The van der Waals surface area contributed by atoms with Gasteiger partial charge in [-0.3, -0.25) is 9.36 Å². The number of aromatic nitrogens is 3. The van der Waals surface area contributed by atoms with Gasteiger partial charge in [-0.05, 0) is 29.3 Å². The Labute approximate surface area is 180 Å². The number of H-pyrrole nitrogens is 1. The van der Waals surface area contributed by atoms with Crippen LogP contribution in [-0.2, 0) is 11.3 Å². The molecule has 3 aromatic heterocycles. The Morgan fingerprint density at radius 1 is 1.31 bits per heavy atom. The van der Waals surface area contributed by atoms with E-state index in [1.165, 1.54) is 11.8 Å². The number of unbranched alkanes of at least 4 members (excludes halogenated alkanes) is 1. The second kappa shape index (κ2) is 9.10. The third-order valence-electron chi connectivity index (χ3n) is 4.63. The molecule has 0 saturated heterocycles. The summed E-state index contributed by atoms with van der Waals surface area (Å²) in [5, 5.41) is 17.4. The van der Waals surface area contributed by atoms with E-state index in [1.807, 2.05) is 35.0 Å². The van der Waals surface area contributed by atoms with Crippen molar-refractivity contribution < 1.29 is 4.79 Å². The van der Waals surface area contributed by atoms with E-state index < -0.39 is 0 Å². The van der Waals surface area contributed by atoms with Gasteiger partial charge in [0.05, 0.1) is 22.4 Å². The number of nitrogens with one attached hydrogen (secondary N) is 1. The highest BCUT2D eigenvalue weighted by molar-refractivity contribution is 7.99. The highest BCUT2D eigenvalue weighted by atomic mass is 32.2. The highest BCUT2D eigenvalue weighted by Gasteiger charge is 2.34. The van der Waals surface area contributed by atoms with Gasteiger partial charge in [0.15, 0.2) is 5.16 Å². The fourth-order valence-corrected chi connectivity index (χ4v) is 5.51. The van der Waals surface area contributed by atoms with Crippen LogP contribution in [0.5, 0.6) is 0 Å². The van der Waals surface area contributed by atoms with Gasteiger partial charge in [-0.2, -0.15) is 5.10 Å². The molecule has 1 aliphatic heterocycles. The second-order valence-electron chi connectivity index (χ2n) is 6.60. The van der Waals surface area contributed by atoms with Gasteiger partial charge in [0.1, 0.15) is 0 Å². The maximum Gasteiger partial charge on any atom is 0.343 e. The Hall–Kier alpha value is -2.17. The molecule has 1 amide bonds. The summed E-state index contributed by atoms with van der Waals surface area (Å²) in [5.74, 6) is 0.0944. The molecule has 10 heteroatoms. The number of nitrogens with zero attached hydrogens (tertiary/aromatic N) is 4. The highest BCUT2D eigenvalue weighted by Crippen LogP contribution is 2.36. The van der Waals surface area contributed by atoms with Crippen LogP contribution in [0.4, 0.5) is 0 Å². The quantitative estimate of drug-likeness (QED) is 0.530.